The third-order valence-corrected chi connectivity index (χ3v) is 4.24. The van der Waals surface area contributed by atoms with Crippen LogP contribution in [0.3, 0.4) is 0 Å². The van der Waals surface area contributed by atoms with Gasteiger partial charge >= 0.3 is 6.18 Å². The number of aromatic nitrogens is 2. The SMILES string of the molecule is Cl.O=C(Nc1cccc(C(F)(F)F)c1)C1(n2cccn2)CCNCC1. The van der Waals surface area contributed by atoms with Crippen molar-refractivity contribution in [1.82, 2.24) is 15.1 Å². The molecule has 5 nitrogen and oxygen atoms in total. The van der Waals surface area contributed by atoms with Crippen LogP contribution in [-0.2, 0) is 16.5 Å². The molecule has 0 radical (unpaired) electrons. The molecule has 2 heterocycles. The lowest BCUT2D eigenvalue weighted by Gasteiger charge is -2.36. The zero-order chi connectivity index (χ0) is 17.2. The smallest absolute Gasteiger partial charge is 0.324 e. The second-order valence-electron chi connectivity index (χ2n) is 5.76. The van der Waals surface area contributed by atoms with Gasteiger partial charge in [-0.05, 0) is 50.2 Å². The van der Waals surface area contributed by atoms with E-state index in [0.29, 0.717) is 25.9 Å². The van der Waals surface area contributed by atoms with E-state index in [0.717, 1.165) is 12.1 Å². The fourth-order valence-corrected chi connectivity index (χ4v) is 2.94. The maximum atomic E-state index is 12.9. The first kappa shape index (κ1) is 19.3. The van der Waals surface area contributed by atoms with Gasteiger partial charge in [0.25, 0.3) is 5.91 Å². The summed E-state index contributed by atoms with van der Waals surface area (Å²) in [5, 5.41) is 9.98. The highest BCUT2D eigenvalue weighted by Gasteiger charge is 2.42. The highest BCUT2D eigenvalue weighted by atomic mass is 35.5. The summed E-state index contributed by atoms with van der Waals surface area (Å²) in [6.45, 7) is 1.27. The standard InChI is InChI=1S/C16H17F3N4O.ClH/c17-16(18,19)12-3-1-4-13(11-12)22-14(24)15(5-8-20-9-6-15)23-10-2-7-21-23;/h1-4,7,10-11,20H,5-6,8-9H2,(H,22,24);1H. The number of alkyl halides is 3. The van der Waals surface area contributed by atoms with Gasteiger partial charge in [-0.2, -0.15) is 18.3 Å². The molecule has 1 saturated heterocycles. The summed E-state index contributed by atoms with van der Waals surface area (Å²) in [5.74, 6) is -0.355. The van der Waals surface area contributed by atoms with Crippen LogP contribution in [0.1, 0.15) is 18.4 Å². The number of hydrogen-bond acceptors (Lipinski definition) is 3. The normalized spacial score (nSPS) is 16.8. The predicted molar refractivity (Wildman–Crippen MR) is 89.6 cm³/mol. The number of carbonyl (C=O) groups is 1. The van der Waals surface area contributed by atoms with E-state index in [1.54, 1.807) is 23.1 Å². The van der Waals surface area contributed by atoms with Crippen LogP contribution in [0.2, 0.25) is 0 Å². The van der Waals surface area contributed by atoms with Gasteiger partial charge in [0.1, 0.15) is 5.54 Å². The summed E-state index contributed by atoms with van der Waals surface area (Å²) in [4.78, 5) is 12.9. The highest BCUT2D eigenvalue weighted by molar-refractivity contribution is 5.96. The summed E-state index contributed by atoms with van der Waals surface area (Å²) >= 11 is 0. The van der Waals surface area contributed by atoms with Crippen LogP contribution in [0.15, 0.2) is 42.7 Å². The molecular weight excluding hydrogens is 357 g/mol. The summed E-state index contributed by atoms with van der Waals surface area (Å²) in [5.41, 5.74) is -1.57. The Morgan fingerprint density at radius 2 is 1.96 bits per heavy atom. The fraction of sp³-hybridized carbons (Fsp3) is 0.375. The van der Waals surface area contributed by atoms with Gasteiger partial charge in [0, 0.05) is 18.1 Å². The van der Waals surface area contributed by atoms with Gasteiger partial charge in [-0.25, -0.2) is 0 Å². The van der Waals surface area contributed by atoms with Crippen molar-refractivity contribution in [2.24, 2.45) is 0 Å². The van der Waals surface area contributed by atoms with Gasteiger partial charge in [0.2, 0.25) is 0 Å². The zero-order valence-corrected chi connectivity index (χ0v) is 14.0. The Morgan fingerprint density at radius 1 is 1.24 bits per heavy atom. The van der Waals surface area contributed by atoms with Gasteiger partial charge in [-0.3, -0.25) is 9.48 Å². The summed E-state index contributed by atoms with van der Waals surface area (Å²) in [6, 6.07) is 6.37. The topological polar surface area (TPSA) is 59.0 Å². The van der Waals surface area contributed by atoms with E-state index in [2.05, 4.69) is 15.7 Å². The Labute approximate surface area is 149 Å². The number of nitrogens with zero attached hydrogens (tertiary/aromatic N) is 2. The monoisotopic (exact) mass is 374 g/mol. The second kappa shape index (κ2) is 7.45. The third-order valence-electron chi connectivity index (χ3n) is 4.24. The van der Waals surface area contributed by atoms with E-state index in [9.17, 15) is 18.0 Å². The van der Waals surface area contributed by atoms with E-state index in [4.69, 9.17) is 0 Å². The first-order valence-electron chi connectivity index (χ1n) is 7.61. The fourth-order valence-electron chi connectivity index (χ4n) is 2.94. The van der Waals surface area contributed by atoms with Crippen LogP contribution in [0.25, 0.3) is 0 Å². The lowest BCUT2D eigenvalue weighted by Crippen LogP contribution is -2.52. The molecule has 0 atom stereocenters. The molecule has 2 N–H and O–H groups in total. The summed E-state index contributed by atoms with van der Waals surface area (Å²) < 4.78 is 40.1. The number of benzene rings is 1. The van der Waals surface area contributed by atoms with Crippen molar-refractivity contribution in [2.45, 2.75) is 24.6 Å². The molecule has 0 saturated carbocycles. The quantitative estimate of drug-likeness (QED) is 0.868. The number of piperidine rings is 1. The number of halogens is 4. The minimum absolute atomic E-state index is 0. The molecule has 0 aliphatic carbocycles. The average molecular weight is 375 g/mol. The molecule has 1 aromatic carbocycles. The number of carbonyl (C=O) groups excluding carboxylic acids is 1. The molecule has 0 bridgehead atoms. The number of amides is 1. The molecule has 25 heavy (non-hydrogen) atoms. The van der Waals surface area contributed by atoms with Crippen molar-refractivity contribution < 1.29 is 18.0 Å². The minimum Gasteiger partial charge on any atom is -0.324 e. The van der Waals surface area contributed by atoms with Crippen LogP contribution < -0.4 is 10.6 Å². The van der Waals surface area contributed by atoms with Crippen molar-refractivity contribution >= 4 is 24.0 Å². The van der Waals surface area contributed by atoms with Crippen molar-refractivity contribution in [3.8, 4) is 0 Å². The Morgan fingerprint density at radius 3 is 2.56 bits per heavy atom. The van der Waals surface area contributed by atoms with E-state index < -0.39 is 17.3 Å². The molecule has 1 amide bonds. The second-order valence-corrected chi connectivity index (χ2v) is 5.76. The van der Waals surface area contributed by atoms with Gasteiger partial charge in [0.15, 0.2) is 0 Å². The van der Waals surface area contributed by atoms with Crippen molar-refractivity contribution in [3.63, 3.8) is 0 Å². The van der Waals surface area contributed by atoms with Crippen molar-refractivity contribution in [3.05, 3.63) is 48.3 Å². The summed E-state index contributed by atoms with van der Waals surface area (Å²) in [7, 11) is 0. The molecule has 3 rings (SSSR count). The molecule has 0 spiro atoms. The molecule has 2 aromatic rings. The first-order valence-corrected chi connectivity index (χ1v) is 7.61. The first-order chi connectivity index (χ1) is 11.4. The van der Waals surface area contributed by atoms with Gasteiger partial charge in [0.05, 0.1) is 5.56 Å². The Bertz CT molecular complexity index is 712. The average Bonchev–Trinajstić information content (AvgIpc) is 3.10. The van der Waals surface area contributed by atoms with E-state index in [1.807, 2.05) is 0 Å². The highest BCUT2D eigenvalue weighted by Crippen LogP contribution is 2.32. The number of anilines is 1. The zero-order valence-electron chi connectivity index (χ0n) is 13.2. The maximum absolute atomic E-state index is 12.9. The third kappa shape index (κ3) is 3.96. The minimum atomic E-state index is -4.45. The Kier molecular flexibility index (Phi) is 5.74. The molecule has 136 valence electrons. The van der Waals surface area contributed by atoms with Crippen molar-refractivity contribution in [1.29, 1.82) is 0 Å². The van der Waals surface area contributed by atoms with Gasteiger partial charge < -0.3 is 10.6 Å². The molecule has 1 fully saturated rings. The molecule has 0 unspecified atom stereocenters. The van der Waals surface area contributed by atoms with Gasteiger partial charge in [-0.1, -0.05) is 6.07 Å². The Hall–Kier alpha value is -2.06. The van der Waals surface area contributed by atoms with Crippen LogP contribution >= 0.6 is 12.4 Å². The van der Waals surface area contributed by atoms with Crippen LogP contribution in [0.5, 0.6) is 0 Å². The molecule has 1 aliphatic rings. The summed E-state index contributed by atoms with van der Waals surface area (Å²) in [6.07, 6.45) is -0.132. The lowest BCUT2D eigenvalue weighted by molar-refractivity contribution is -0.137. The number of nitrogens with one attached hydrogen (secondary N) is 2. The van der Waals surface area contributed by atoms with E-state index in [-0.39, 0.29) is 24.0 Å². The van der Waals surface area contributed by atoms with Crippen LogP contribution in [0.4, 0.5) is 18.9 Å². The largest absolute Gasteiger partial charge is 0.416 e. The van der Waals surface area contributed by atoms with Crippen molar-refractivity contribution in [2.75, 3.05) is 18.4 Å². The Balaban J connectivity index is 0.00000225. The van der Waals surface area contributed by atoms with E-state index in [1.165, 1.54) is 12.1 Å². The molecule has 1 aliphatic heterocycles. The van der Waals surface area contributed by atoms with Crippen LogP contribution in [-0.4, -0.2) is 28.8 Å². The van der Waals surface area contributed by atoms with Gasteiger partial charge in [-0.15, -0.1) is 12.4 Å². The number of hydrogen-bond donors (Lipinski definition) is 2. The molecule has 9 heteroatoms. The maximum Gasteiger partial charge on any atom is 0.416 e. The lowest BCUT2D eigenvalue weighted by atomic mass is 9.87. The van der Waals surface area contributed by atoms with Crippen LogP contribution in [0, 0.1) is 0 Å². The number of rotatable bonds is 3. The van der Waals surface area contributed by atoms with E-state index >= 15 is 0 Å². The molecule has 1 aromatic heterocycles. The predicted octanol–water partition coefficient (Wildman–Crippen LogP) is 3.04. The molecular formula is C16H18ClF3N4O.